The van der Waals surface area contributed by atoms with Gasteiger partial charge in [0.1, 0.15) is 0 Å². The van der Waals surface area contributed by atoms with Crippen molar-refractivity contribution in [3.8, 4) is 0 Å². The lowest BCUT2D eigenvalue weighted by atomic mass is 9.82. The summed E-state index contributed by atoms with van der Waals surface area (Å²) in [6, 6.07) is 0. The second-order valence-electron chi connectivity index (χ2n) is 3.46. The van der Waals surface area contributed by atoms with Crippen LogP contribution in [0.3, 0.4) is 0 Å². The van der Waals surface area contributed by atoms with E-state index in [0.29, 0.717) is 32.6 Å². The van der Waals surface area contributed by atoms with E-state index in [2.05, 4.69) is 5.48 Å². The number of nitrogens with two attached hydrogens (primary N) is 1. The van der Waals surface area contributed by atoms with Gasteiger partial charge in [-0.25, -0.2) is 5.48 Å². The predicted octanol–water partition coefficient (Wildman–Crippen LogP) is 0.446. The quantitative estimate of drug-likeness (QED) is 0.458. The molecule has 0 saturated heterocycles. The van der Waals surface area contributed by atoms with Crippen molar-refractivity contribution in [2.24, 2.45) is 11.1 Å². The molecule has 5 heteroatoms. The normalized spacial score (nSPS) is 11.5. The van der Waals surface area contributed by atoms with E-state index >= 15 is 0 Å². The molecule has 0 fully saturated rings. The number of carbonyl (C=O) groups excluding carboxylic acids is 1. The van der Waals surface area contributed by atoms with Crippen LogP contribution in [-0.4, -0.2) is 32.8 Å². The van der Waals surface area contributed by atoms with Gasteiger partial charge in [-0.3, -0.25) is 9.63 Å². The molecule has 0 rings (SSSR count). The number of nitrogens with one attached hydrogen (secondary N) is 1. The van der Waals surface area contributed by atoms with Crippen molar-refractivity contribution in [2.45, 2.75) is 26.7 Å². The average molecular weight is 218 g/mol. The van der Waals surface area contributed by atoms with Crippen LogP contribution >= 0.6 is 0 Å². The van der Waals surface area contributed by atoms with Gasteiger partial charge in [-0.05, 0) is 12.8 Å². The minimum absolute atomic E-state index is 0.147. The standard InChI is InChI=1S/C10H22N2O3/c1-4-10(5-2,8-11)9(13)12-15-7-6-14-3/h4-8,11H2,1-3H3,(H,12,13). The first-order valence-electron chi connectivity index (χ1n) is 5.28. The molecule has 0 aliphatic carbocycles. The van der Waals surface area contributed by atoms with E-state index in [1.54, 1.807) is 7.11 Å². The van der Waals surface area contributed by atoms with E-state index in [9.17, 15) is 4.79 Å². The summed E-state index contributed by atoms with van der Waals surface area (Å²) in [5, 5.41) is 0. The first-order chi connectivity index (χ1) is 7.16. The molecule has 0 aliphatic heterocycles. The Kier molecular flexibility index (Phi) is 7.29. The lowest BCUT2D eigenvalue weighted by molar-refractivity contribution is -0.145. The van der Waals surface area contributed by atoms with Crippen molar-refractivity contribution < 1.29 is 14.4 Å². The summed E-state index contributed by atoms with van der Waals surface area (Å²) in [5.41, 5.74) is 7.52. The van der Waals surface area contributed by atoms with Gasteiger partial charge < -0.3 is 10.5 Å². The van der Waals surface area contributed by atoms with E-state index in [-0.39, 0.29) is 5.91 Å². The van der Waals surface area contributed by atoms with E-state index in [4.69, 9.17) is 15.3 Å². The van der Waals surface area contributed by atoms with Crippen molar-refractivity contribution in [1.29, 1.82) is 0 Å². The monoisotopic (exact) mass is 218 g/mol. The van der Waals surface area contributed by atoms with Gasteiger partial charge in [0.05, 0.1) is 18.6 Å². The van der Waals surface area contributed by atoms with Crippen LogP contribution in [0.15, 0.2) is 0 Å². The molecule has 90 valence electrons. The number of amides is 1. The molecular weight excluding hydrogens is 196 g/mol. The maximum absolute atomic E-state index is 11.8. The van der Waals surface area contributed by atoms with Crippen LogP contribution in [0.4, 0.5) is 0 Å². The zero-order valence-corrected chi connectivity index (χ0v) is 9.84. The van der Waals surface area contributed by atoms with Crippen LogP contribution in [-0.2, 0) is 14.4 Å². The van der Waals surface area contributed by atoms with Crippen LogP contribution in [0, 0.1) is 5.41 Å². The molecular formula is C10H22N2O3. The number of ether oxygens (including phenoxy) is 1. The molecule has 15 heavy (non-hydrogen) atoms. The lowest BCUT2D eigenvalue weighted by Crippen LogP contribution is -2.45. The maximum atomic E-state index is 11.8. The van der Waals surface area contributed by atoms with Crippen LogP contribution in [0.25, 0.3) is 0 Å². The van der Waals surface area contributed by atoms with Gasteiger partial charge in [0.15, 0.2) is 0 Å². The van der Waals surface area contributed by atoms with E-state index in [1.807, 2.05) is 13.8 Å². The molecule has 0 heterocycles. The largest absolute Gasteiger partial charge is 0.382 e. The summed E-state index contributed by atoms with van der Waals surface area (Å²) in [6.07, 6.45) is 1.42. The molecule has 1 amide bonds. The summed E-state index contributed by atoms with van der Waals surface area (Å²) in [6.45, 7) is 5.03. The number of hydroxylamine groups is 1. The van der Waals surface area contributed by atoms with Crippen molar-refractivity contribution >= 4 is 5.91 Å². The molecule has 0 aliphatic rings. The fourth-order valence-corrected chi connectivity index (χ4v) is 1.30. The smallest absolute Gasteiger partial charge is 0.251 e. The van der Waals surface area contributed by atoms with Crippen LogP contribution in [0.2, 0.25) is 0 Å². The fraction of sp³-hybridized carbons (Fsp3) is 0.900. The third-order valence-corrected chi connectivity index (χ3v) is 2.78. The van der Waals surface area contributed by atoms with Crippen molar-refractivity contribution in [1.82, 2.24) is 5.48 Å². The molecule has 0 saturated carbocycles. The fourth-order valence-electron chi connectivity index (χ4n) is 1.30. The van der Waals surface area contributed by atoms with E-state index in [1.165, 1.54) is 0 Å². The Morgan fingerprint density at radius 3 is 2.33 bits per heavy atom. The van der Waals surface area contributed by atoms with Crippen molar-refractivity contribution in [2.75, 3.05) is 26.9 Å². The molecule has 0 aromatic rings. The first-order valence-corrected chi connectivity index (χ1v) is 5.28. The van der Waals surface area contributed by atoms with Gasteiger partial charge in [0.25, 0.3) is 5.91 Å². The SMILES string of the molecule is CCC(CC)(CN)C(=O)NOCCOC. The average Bonchev–Trinajstić information content (AvgIpc) is 2.28. The summed E-state index contributed by atoms with van der Waals surface area (Å²) in [7, 11) is 1.58. The number of carbonyl (C=O) groups is 1. The second-order valence-corrected chi connectivity index (χ2v) is 3.46. The summed E-state index contributed by atoms with van der Waals surface area (Å²) in [4.78, 5) is 16.7. The molecule has 0 atom stereocenters. The van der Waals surface area contributed by atoms with Gasteiger partial charge >= 0.3 is 0 Å². The maximum Gasteiger partial charge on any atom is 0.251 e. The zero-order chi connectivity index (χ0) is 11.7. The molecule has 0 radical (unpaired) electrons. The minimum atomic E-state index is -0.507. The summed E-state index contributed by atoms with van der Waals surface area (Å²) < 4.78 is 4.79. The summed E-state index contributed by atoms with van der Waals surface area (Å²) >= 11 is 0. The molecule has 0 unspecified atom stereocenters. The third kappa shape index (κ3) is 4.15. The van der Waals surface area contributed by atoms with Crippen LogP contribution in [0.5, 0.6) is 0 Å². The van der Waals surface area contributed by atoms with Crippen molar-refractivity contribution in [3.05, 3.63) is 0 Å². The summed E-state index contributed by atoms with van der Waals surface area (Å²) in [5.74, 6) is -0.147. The van der Waals surface area contributed by atoms with Crippen LogP contribution in [0.1, 0.15) is 26.7 Å². The van der Waals surface area contributed by atoms with Gasteiger partial charge in [0, 0.05) is 13.7 Å². The van der Waals surface area contributed by atoms with Gasteiger partial charge in [-0.1, -0.05) is 13.8 Å². The molecule has 3 N–H and O–H groups in total. The Labute approximate surface area is 91.3 Å². The predicted molar refractivity (Wildman–Crippen MR) is 58.0 cm³/mol. The number of hydrogen-bond donors (Lipinski definition) is 2. The molecule has 0 spiro atoms. The van der Waals surface area contributed by atoms with Gasteiger partial charge in [0.2, 0.25) is 0 Å². The zero-order valence-electron chi connectivity index (χ0n) is 9.84. The second kappa shape index (κ2) is 7.62. The molecule has 0 bridgehead atoms. The lowest BCUT2D eigenvalue weighted by Gasteiger charge is -2.27. The van der Waals surface area contributed by atoms with Gasteiger partial charge in [-0.15, -0.1) is 0 Å². The Hall–Kier alpha value is -0.650. The molecule has 0 aromatic heterocycles. The van der Waals surface area contributed by atoms with E-state index < -0.39 is 5.41 Å². The molecule has 0 aromatic carbocycles. The van der Waals surface area contributed by atoms with Crippen molar-refractivity contribution in [3.63, 3.8) is 0 Å². The van der Waals surface area contributed by atoms with Gasteiger partial charge in [-0.2, -0.15) is 0 Å². The Morgan fingerprint density at radius 2 is 1.93 bits per heavy atom. The number of hydrogen-bond acceptors (Lipinski definition) is 4. The first kappa shape index (κ1) is 14.3. The van der Waals surface area contributed by atoms with E-state index in [0.717, 1.165) is 0 Å². The number of rotatable bonds is 8. The topological polar surface area (TPSA) is 73.6 Å². The highest BCUT2D eigenvalue weighted by Crippen LogP contribution is 2.24. The minimum Gasteiger partial charge on any atom is -0.382 e. The van der Waals surface area contributed by atoms with Crippen LogP contribution < -0.4 is 11.2 Å². The molecule has 5 nitrogen and oxygen atoms in total. The highest BCUT2D eigenvalue weighted by atomic mass is 16.7. The Balaban J connectivity index is 4.04. The highest BCUT2D eigenvalue weighted by Gasteiger charge is 2.33. The highest BCUT2D eigenvalue weighted by molar-refractivity contribution is 5.81. The Bertz CT molecular complexity index is 173. The third-order valence-electron chi connectivity index (χ3n) is 2.78. The Morgan fingerprint density at radius 1 is 1.33 bits per heavy atom. The number of methoxy groups -OCH3 is 1.